The van der Waals surface area contributed by atoms with Crippen LogP contribution in [0, 0.1) is 13.8 Å². The first-order chi connectivity index (χ1) is 10.1. The molecule has 0 saturated carbocycles. The zero-order chi connectivity index (χ0) is 15.2. The fourth-order valence-corrected chi connectivity index (χ4v) is 3.03. The van der Waals surface area contributed by atoms with Crippen LogP contribution in [0.3, 0.4) is 0 Å². The number of hydrogen-bond acceptors (Lipinski definition) is 4. The molecule has 4 nitrogen and oxygen atoms in total. The van der Waals surface area contributed by atoms with Crippen molar-refractivity contribution in [3.05, 3.63) is 34.9 Å². The normalized spacial score (nSPS) is 17.5. The molecule has 1 aliphatic heterocycles. The third kappa shape index (κ3) is 4.05. The number of aryl methyl sites for hydroxylation is 2. The highest BCUT2D eigenvalue weighted by Gasteiger charge is 2.27. The van der Waals surface area contributed by atoms with Gasteiger partial charge in [-0.15, -0.1) is 0 Å². The summed E-state index contributed by atoms with van der Waals surface area (Å²) in [6.07, 6.45) is 0.402. The molecule has 0 N–H and O–H groups in total. The third-order valence-electron chi connectivity index (χ3n) is 4.03. The number of rotatable bonds is 5. The molecule has 1 heterocycles. The second-order valence-electron chi connectivity index (χ2n) is 5.48. The summed E-state index contributed by atoms with van der Waals surface area (Å²) in [5, 5.41) is 0. The van der Waals surface area contributed by atoms with Crippen LogP contribution >= 0.6 is 0 Å². The molecular weight excluding hydrogens is 266 g/mol. The van der Waals surface area contributed by atoms with Gasteiger partial charge in [-0.2, -0.15) is 0 Å². The van der Waals surface area contributed by atoms with Crippen LogP contribution in [0.15, 0.2) is 18.2 Å². The quantitative estimate of drug-likeness (QED) is 0.782. The lowest BCUT2D eigenvalue weighted by molar-refractivity contribution is -0.145. The minimum absolute atomic E-state index is 0.0779. The van der Waals surface area contributed by atoms with Crippen LogP contribution in [0.1, 0.15) is 36.1 Å². The van der Waals surface area contributed by atoms with Gasteiger partial charge in [-0.05, 0) is 37.5 Å². The number of ether oxygens (including phenoxy) is 2. The lowest BCUT2D eigenvalue weighted by Gasteiger charge is -2.35. The van der Waals surface area contributed by atoms with Gasteiger partial charge in [0.25, 0.3) is 0 Å². The molecule has 4 heteroatoms. The van der Waals surface area contributed by atoms with E-state index in [-0.39, 0.29) is 12.0 Å². The number of hydrogen-bond donors (Lipinski definition) is 0. The van der Waals surface area contributed by atoms with Gasteiger partial charge in [0.05, 0.1) is 26.2 Å². The fraction of sp³-hybridized carbons (Fsp3) is 0.588. The monoisotopic (exact) mass is 291 g/mol. The van der Waals surface area contributed by atoms with Crippen LogP contribution in [-0.2, 0) is 14.3 Å². The second-order valence-corrected chi connectivity index (χ2v) is 5.48. The summed E-state index contributed by atoms with van der Waals surface area (Å²) in [5.41, 5.74) is 3.72. The Bertz CT molecular complexity index is 461. The maximum Gasteiger partial charge on any atom is 0.307 e. The van der Waals surface area contributed by atoms with Gasteiger partial charge in [0.1, 0.15) is 0 Å². The van der Waals surface area contributed by atoms with Crippen molar-refractivity contribution >= 4 is 5.97 Å². The first-order valence-electron chi connectivity index (χ1n) is 7.67. The van der Waals surface area contributed by atoms with Crippen molar-refractivity contribution in [3.63, 3.8) is 0 Å². The minimum atomic E-state index is -0.128. The number of carbonyl (C=O) groups is 1. The van der Waals surface area contributed by atoms with Crippen molar-refractivity contribution in [2.75, 3.05) is 32.9 Å². The Morgan fingerprint density at radius 3 is 2.48 bits per heavy atom. The van der Waals surface area contributed by atoms with E-state index in [1.165, 1.54) is 16.7 Å². The second kappa shape index (κ2) is 7.57. The number of morpholine rings is 1. The number of carbonyl (C=O) groups excluding carboxylic acids is 1. The van der Waals surface area contributed by atoms with Crippen molar-refractivity contribution in [2.45, 2.75) is 33.2 Å². The van der Waals surface area contributed by atoms with Crippen molar-refractivity contribution in [1.29, 1.82) is 0 Å². The van der Waals surface area contributed by atoms with Gasteiger partial charge < -0.3 is 9.47 Å². The highest BCUT2D eigenvalue weighted by atomic mass is 16.5. The zero-order valence-corrected chi connectivity index (χ0v) is 13.2. The molecule has 0 bridgehead atoms. The fourth-order valence-electron chi connectivity index (χ4n) is 3.03. The molecule has 1 atom stereocenters. The van der Waals surface area contributed by atoms with E-state index in [0.717, 1.165) is 26.3 Å². The molecule has 0 aliphatic carbocycles. The van der Waals surface area contributed by atoms with Gasteiger partial charge in [0, 0.05) is 19.1 Å². The van der Waals surface area contributed by atoms with Gasteiger partial charge in [0.15, 0.2) is 0 Å². The first kappa shape index (κ1) is 16.0. The van der Waals surface area contributed by atoms with Crippen molar-refractivity contribution < 1.29 is 14.3 Å². The molecule has 0 aromatic heterocycles. The molecule has 2 rings (SSSR count). The molecule has 1 unspecified atom stereocenters. The molecule has 1 aromatic carbocycles. The average Bonchev–Trinajstić information content (AvgIpc) is 2.47. The van der Waals surface area contributed by atoms with E-state index in [1.807, 2.05) is 6.92 Å². The van der Waals surface area contributed by atoms with Crippen LogP contribution in [-0.4, -0.2) is 43.8 Å². The summed E-state index contributed by atoms with van der Waals surface area (Å²) in [7, 11) is 0. The van der Waals surface area contributed by atoms with Crippen LogP contribution in [0.2, 0.25) is 0 Å². The SMILES string of the molecule is CCOC(=O)CC(c1c(C)cccc1C)N1CCOCC1. The highest BCUT2D eigenvalue weighted by Crippen LogP contribution is 2.30. The van der Waals surface area contributed by atoms with E-state index >= 15 is 0 Å². The Labute approximate surface area is 127 Å². The van der Waals surface area contributed by atoms with E-state index in [0.29, 0.717) is 13.0 Å². The average molecular weight is 291 g/mol. The van der Waals surface area contributed by atoms with Crippen LogP contribution in [0.25, 0.3) is 0 Å². The molecule has 0 amide bonds. The molecule has 1 fully saturated rings. The lowest BCUT2D eigenvalue weighted by atomic mass is 9.92. The molecule has 116 valence electrons. The molecule has 21 heavy (non-hydrogen) atoms. The zero-order valence-electron chi connectivity index (χ0n) is 13.2. The largest absolute Gasteiger partial charge is 0.466 e. The smallest absolute Gasteiger partial charge is 0.307 e. The summed E-state index contributed by atoms with van der Waals surface area (Å²) in [4.78, 5) is 14.4. The van der Waals surface area contributed by atoms with Gasteiger partial charge >= 0.3 is 5.97 Å². The van der Waals surface area contributed by atoms with Gasteiger partial charge in [-0.25, -0.2) is 0 Å². The van der Waals surface area contributed by atoms with Crippen LogP contribution in [0.5, 0.6) is 0 Å². The van der Waals surface area contributed by atoms with E-state index in [9.17, 15) is 4.79 Å². The van der Waals surface area contributed by atoms with Crippen molar-refractivity contribution in [3.8, 4) is 0 Å². The van der Waals surface area contributed by atoms with E-state index in [1.54, 1.807) is 0 Å². The Morgan fingerprint density at radius 1 is 1.29 bits per heavy atom. The van der Waals surface area contributed by atoms with Crippen molar-refractivity contribution in [2.24, 2.45) is 0 Å². The molecule has 1 aromatic rings. The molecule has 1 saturated heterocycles. The van der Waals surface area contributed by atoms with Gasteiger partial charge in [-0.3, -0.25) is 9.69 Å². The van der Waals surface area contributed by atoms with Gasteiger partial charge in [-0.1, -0.05) is 18.2 Å². The Kier molecular flexibility index (Phi) is 5.76. The Morgan fingerprint density at radius 2 is 1.90 bits per heavy atom. The minimum Gasteiger partial charge on any atom is -0.466 e. The third-order valence-corrected chi connectivity index (χ3v) is 4.03. The summed E-state index contributed by atoms with van der Waals surface area (Å²) < 4.78 is 10.6. The first-order valence-corrected chi connectivity index (χ1v) is 7.67. The number of benzene rings is 1. The van der Waals surface area contributed by atoms with Gasteiger partial charge in [0.2, 0.25) is 0 Å². The summed E-state index contributed by atoms with van der Waals surface area (Å²) >= 11 is 0. The van der Waals surface area contributed by atoms with E-state index < -0.39 is 0 Å². The molecule has 1 aliphatic rings. The summed E-state index contributed by atoms with van der Waals surface area (Å²) in [6, 6.07) is 6.37. The predicted octanol–water partition coefficient (Wildman–Crippen LogP) is 2.63. The highest BCUT2D eigenvalue weighted by molar-refractivity contribution is 5.70. The topological polar surface area (TPSA) is 38.8 Å². The number of esters is 1. The Balaban J connectivity index is 2.28. The molecule has 0 spiro atoms. The maximum atomic E-state index is 12.0. The van der Waals surface area contributed by atoms with E-state index in [2.05, 4.69) is 36.9 Å². The molecule has 0 radical (unpaired) electrons. The van der Waals surface area contributed by atoms with Crippen LogP contribution < -0.4 is 0 Å². The molecular formula is C17H25NO3. The Hall–Kier alpha value is -1.39. The van der Waals surface area contributed by atoms with E-state index in [4.69, 9.17) is 9.47 Å². The maximum absolute atomic E-state index is 12.0. The summed E-state index contributed by atoms with van der Waals surface area (Å²) in [5.74, 6) is -0.128. The van der Waals surface area contributed by atoms with Crippen molar-refractivity contribution in [1.82, 2.24) is 4.90 Å². The van der Waals surface area contributed by atoms with Crippen LogP contribution in [0.4, 0.5) is 0 Å². The predicted molar refractivity (Wildman–Crippen MR) is 82.3 cm³/mol. The summed E-state index contributed by atoms with van der Waals surface area (Å²) in [6.45, 7) is 9.67. The lowest BCUT2D eigenvalue weighted by Crippen LogP contribution is -2.40. The number of nitrogens with zero attached hydrogens (tertiary/aromatic N) is 1. The standard InChI is InChI=1S/C17H25NO3/c1-4-21-16(19)12-15(18-8-10-20-11-9-18)17-13(2)6-5-7-14(17)3/h5-7,15H,4,8-12H2,1-3H3.